The number of halogens is 1. The van der Waals surface area contributed by atoms with Crippen molar-refractivity contribution in [3.8, 4) is 0 Å². The second kappa shape index (κ2) is 5.59. The van der Waals surface area contributed by atoms with Gasteiger partial charge in [-0.3, -0.25) is 0 Å². The molecule has 1 saturated carbocycles. The minimum absolute atomic E-state index is 0.0208. The monoisotopic (exact) mass is 322 g/mol. The smallest absolute Gasteiger partial charge is 0.335 e. The Morgan fingerprint density at radius 1 is 1.25 bits per heavy atom. The molecule has 0 radical (unpaired) electrons. The Morgan fingerprint density at radius 2 is 2.04 bits per heavy atom. The molecule has 2 aromatic carbocycles. The van der Waals surface area contributed by atoms with E-state index in [0.717, 1.165) is 24.0 Å². The van der Waals surface area contributed by atoms with Crippen molar-refractivity contribution in [3.63, 3.8) is 0 Å². The topological polar surface area (TPSA) is 37.3 Å². The number of allylic oxidation sites excluding steroid dienone is 1. The van der Waals surface area contributed by atoms with Crippen LogP contribution in [0.25, 0.3) is 6.08 Å². The SMILES string of the molecule is C/C(=C\c1ccc(C(=O)O)cc1F)C1c2ccccc2CC2CC21. The highest BCUT2D eigenvalue weighted by molar-refractivity contribution is 5.87. The molecule has 2 aliphatic rings. The molecule has 0 spiro atoms. The van der Waals surface area contributed by atoms with Gasteiger partial charge in [0.15, 0.2) is 0 Å². The van der Waals surface area contributed by atoms with E-state index in [4.69, 9.17) is 5.11 Å². The predicted octanol–water partition coefficient (Wildman–Crippen LogP) is 4.90. The Hall–Kier alpha value is -2.42. The number of hydrogen-bond acceptors (Lipinski definition) is 1. The first kappa shape index (κ1) is 15.1. The van der Waals surface area contributed by atoms with Gasteiger partial charge in [0, 0.05) is 11.5 Å². The number of rotatable bonds is 3. The maximum atomic E-state index is 14.2. The van der Waals surface area contributed by atoms with Crippen molar-refractivity contribution in [2.45, 2.75) is 25.7 Å². The highest BCUT2D eigenvalue weighted by Gasteiger charge is 2.47. The van der Waals surface area contributed by atoms with Crippen LogP contribution < -0.4 is 0 Å². The van der Waals surface area contributed by atoms with E-state index in [-0.39, 0.29) is 5.56 Å². The van der Waals surface area contributed by atoms with Gasteiger partial charge in [-0.25, -0.2) is 9.18 Å². The van der Waals surface area contributed by atoms with Crippen LogP contribution in [0.4, 0.5) is 4.39 Å². The van der Waals surface area contributed by atoms with Gasteiger partial charge in [-0.2, -0.15) is 0 Å². The first-order valence-corrected chi connectivity index (χ1v) is 8.33. The molecule has 0 heterocycles. The summed E-state index contributed by atoms with van der Waals surface area (Å²) >= 11 is 0. The van der Waals surface area contributed by atoms with Crippen molar-refractivity contribution in [1.29, 1.82) is 0 Å². The van der Waals surface area contributed by atoms with Gasteiger partial charge in [-0.05, 0) is 54.9 Å². The van der Waals surface area contributed by atoms with Crippen LogP contribution in [0.5, 0.6) is 0 Å². The van der Waals surface area contributed by atoms with Crippen LogP contribution in [0.2, 0.25) is 0 Å². The fraction of sp³-hybridized carbons (Fsp3) is 0.286. The summed E-state index contributed by atoms with van der Waals surface area (Å²) in [7, 11) is 0. The van der Waals surface area contributed by atoms with Crippen LogP contribution in [-0.2, 0) is 6.42 Å². The molecule has 2 aliphatic carbocycles. The van der Waals surface area contributed by atoms with Gasteiger partial charge in [-0.15, -0.1) is 0 Å². The molecule has 0 aliphatic heterocycles. The third-order valence-electron chi connectivity index (χ3n) is 5.40. The summed E-state index contributed by atoms with van der Waals surface area (Å²) in [5, 5.41) is 8.95. The van der Waals surface area contributed by atoms with E-state index in [1.54, 1.807) is 6.07 Å². The molecule has 1 N–H and O–H groups in total. The van der Waals surface area contributed by atoms with Crippen LogP contribution in [0.1, 0.15) is 46.3 Å². The van der Waals surface area contributed by atoms with Gasteiger partial charge in [0.1, 0.15) is 5.82 Å². The lowest BCUT2D eigenvalue weighted by molar-refractivity contribution is 0.0696. The summed E-state index contributed by atoms with van der Waals surface area (Å²) in [5.41, 5.74) is 4.37. The Kier molecular flexibility index (Phi) is 3.52. The molecule has 3 unspecified atom stereocenters. The third kappa shape index (κ3) is 2.54. The van der Waals surface area contributed by atoms with Crippen molar-refractivity contribution >= 4 is 12.0 Å². The number of hydrogen-bond donors (Lipinski definition) is 1. The first-order valence-electron chi connectivity index (χ1n) is 8.33. The van der Waals surface area contributed by atoms with E-state index in [0.29, 0.717) is 17.4 Å². The molecule has 0 aromatic heterocycles. The summed E-state index contributed by atoms with van der Waals surface area (Å²) in [6, 6.07) is 12.7. The number of fused-ring (bicyclic) bond motifs is 2. The number of benzene rings is 2. The molecule has 24 heavy (non-hydrogen) atoms. The fourth-order valence-electron chi connectivity index (χ4n) is 4.15. The number of carbonyl (C=O) groups is 1. The lowest BCUT2D eigenvalue weighted by Crippen LogP contribution is -2.13. The molecule has 0 bridgehead atoms. The zero-order valence-corrected chi connectivity index (χ0v) is 13.5. The first-order chi connectivity index (χ1) is 11.5. The van der Waals surface area contributed by atoms with Crippen molar-refractivity contribution in [3.05, 3.63) is 76.1 Å². The van der Waals surface area contributed by atoms with Crippen LogP contribution in [-0.4, -0.2) is 11.1 Å². The normalized spacial score (nSPS) is 24.9. The predicted molar refractivity (Wildman–Crippen MR) is 91.5 cm³/mol. The highest BCUT2D eigenvalue weighted by Crippen LogP contribution is 2.57. The Morgan fingerprint density at radius 3 is 2.79 bits per heavy atom. The molecule has 4 rings (SSSR count). The van der Waals surface area contributed by atoms with Crippen molar-refractivity contribution in [2.75, 3.05) is 0 Å². The van der Waals surface area contributed by atoms with Crippen molar-refractivity contribution in [2.24, 2.45) is 11.8 Å². The van der Waals surface area contributed by atoms with E-state index in [2.05, 4.69) is 31.2 Å². The number of carboxylic acid groups (broad SMARTS) is 1. The summed E-state index contributed by atoms with van der Waals surface area (Å²) in [4.78, 5) is 10.9. The molecular weight excluding hydrogens is 303 g/mol. The summed E-state index contributed by atoms with van der Waals surface area (Å²) in [6.07, 6.45) is 4.28. The van der Waals surface area contributed by atoms with Gasteiger partial charge in [0.05, 0.1) is 5.56 Å². The number of aromatic carboxylic acids is 1. The third-order valence-corrected chi connectivity index (χ3v) is 5.40. The molecular formula is C21H19FO2. The second-order valence-corrected chi connectivity index (χ2v) is 6.97. The van der Waals surface area contributed by atoms with Crippen molar-refractivity contribution < 1.29 is 14.3 Å². The second-order valence-electron chi connectivity index (χ2n) is 6.97. The van der Waals surface area contributed by atoms with E-state index in [1.807, 2.05) is 6.08 Å². The van der Waals surface area contributed by atoms with Crippen LogP contribution >= 0.6 is 0 Å². The van der Waals surface area contributed by atoms with E-state index < -0.39 is 11.8 Å². The van der Waals surface area contributed by atoms with Crippen molar-refractivity contribution in [1.82, 2.24) is 0 Å². The zero-order valence-electron chi connectivity index (χ0n) is 13.5. The zero-order chi connectivity index (χ0) is 16.8. The van der Waals surface area contributed by atoms with Gasteiger partial charge in [0.25, 0.3) is 0 Å². The largest absolute Gasteiger partial charge is 0.478 e. The molecule has 1 fully saturated rings. The number of carboxylic acids is 1. The maximum Gasteiger partial charge on any atom is 0.335 e. The van der Waals surface area contributed by atoms with Gasteiger partial charge >= 0.3 is 5.97 Å². The lowest BCUT2D eigenvalue weighted by atomic mass is 9.78. The van der Waals surface area contributed by atoms with Gasteiger partial charge in [0.2, 0.25) is 0 Å². The summed E-state index contributed by atoms with van der Waals surface area (Å²) in [5.74, 6) is 0.178. The molecule has 3 atom stereocenters. The van der Waals surface area contributed by atoms with E-state index >= 15 is 0 Å². The highest BCUT2D eigenvalue weighted by atomic mass is 19.1. The molecule has 122 valence electrons. The van der Waals surface area contributed by atoms with Crippen LogP contribution in [0, 0.1) is 17.7 Å². The van der Waals surface area contributed by atoms with Gasteiger partial charge in [-0.1, -0.05) is 42.0 Å². The van der Waals surface area contributed by atoms with Crippen LogP contribution in [0.15, 0.2) is 48.0 Å². The van der Waals surface area contributed by atoms with Gasteiger partial charge < -0.3 is 5.11 Å². The Balaban J connectivity index is 1.70. The van der Waals surface area contributed by atoms with E-state index in [9.17, 15) is 9.18 Å². The average molecular weight is 322 g/mol. The quantitative estimate of drug-likeness (QED) is 0.872. The fourth-order valence-corrected chi connectivity index (χ4v) is 4.15. The Labute approximate surface area is 140 Å². The molecule has 3 heteroatoms. The van der Waals surface area contributed by atoms with Crippen LogP contribution in [0.3, 0.4) is 0 Å². The maximum absolute atomic E-state index is 14.2. The molecule has 2 aromatic rings. The minimum Gasteiger partial charge on any atom is -0.478 e. The minimum atomic E-state index is -1.11. The molecule has 0 amide bonds. The summed E-state index contributed by atoms with van der Waals surface area (Å²) < 4.78 is 14.2. The molecule has 0 saturated heterocycles. The molecule has 2 nitrogen and oxygen atoms in total. The lowest BCUT2D eigenvalue weighted by Gasteiger charge is -2.26. The average Bonchev–Trinajstić information content (AvgIpc) is 3.32. The standard InChI is InChI=1S/C21H19FO2/c1-12(8-14-6-7-15(21(23)24)11-19(14)22)20-17-5-3-2-4-13(17)9-16-10-18(16)20/h2-8,11,16,18,20H,9-10H2,1H3,(H,23,24)/b12-8+. The Bertz CT molecular complexity index is 853. The summed E-state index contributed by atoms with van der Waals surface area (Å²) in [6.45, 7) is 2.06. The van der Waals surface area contributed by atoms with E-state index in [1.165, 1.54) is 23.6 Å².